The third-order valence-corrected chi connectivity index (χ3v) is 5.10. The molecule has 0 aromatic heterocycles. The number of guanidine groups is 1. The Balaban J connectivity index is 1.39. The molecule has 1 unspecified atom stereocenters. The minimum atomic E-state index is -0.183. The number of hydrogen-bond acceptors (Lipinski definition) is 4. The molecule has 2 amide bonds. The standard InChI is InChI=1S/C20H28N4O3/c1-21-20(23(2)13-15-9-12-27-14-15)22-10-5-6-11-24-18(25)16-7-3-4-8-17(16)19(24)26/h3-4,7-8,15H,5-6,9-14H2,1-2H3,(H,21,22). The molecule has 0 spiro atoms. The van der Waals surface area contributed by atoms with Gasteiger partial charge in [0.15, 0.2) is 5.96 Å². The summed E-state index contributed by atoms with van der Waals surface area (Å²) in [6.07, 6.45) is 2.71. The highest BCUT2D eigenvalue weighted by Gasteiger charge is 2.34. The summed E-state index contributed by atoms with van der Waals surface area (Å²) in [6.45, 7) is 3.79. The van der Waals surface area contributed by atoms with Crippen molar-refractivity contribution >= 4 is 17.8 Å². The number of imide groups is 1. The number of nitrogens with one attached hydrogen (secondary N) is 1. The van der Waals surface area contributed by atoms with Crippen LogP contribution in [0.4, 0.5) is 0 Å². The van der Waals surface area contributed by atoms with E-state index in [2.05, 4.69) is 15.2 Å². The number of nitrogens with zero attached hydrogens (tertiary/aromatic N) is 3. The smallest absolute Gasteiger partial charge is 0.261 e. The molecule has 1 saturated heterocycles. The van der Waals surface area contributed by atoms with Gasteiger partial charge in [0, 0.05) is 46.3 Å². The number of carbonyl (C=O) groups excluding carboxylic acids is 2. The van der Waals surface area contributed by atoms with Gasteiger partial charge in [-0.3, -0.25) is 19.5 Å². The Morgan fingerprint density at radius 3 is 2.56 bits per heavy atom. The van der Waals surface area contributed by atoms with Crippen LogP contribution in [0.2, 0.25) is 0 Å². The lowest BCUT2D eigenvalue weighted by molar-refractivity contribution is 0.0652. The van der Waals surface area contributed by atoms with Gasteiger partial charge in [0.1, 0.15) is 0 Å². The third-order valence-electron chi connectivity index (χ3n) is 5.10. The maximum atomic E-state index is 12.3. The minimum absolute atomic E-state index is 0.183. The zero-order valence-electron chi connectivity index (χ0n) is 16.1. The fourth-order valence-corrected chi connectivity index (χ4v) is 3.62. The summed E-state index contributed by atoms with van der Waals surface area (Å²) in [5, 5.41) is 3.35. The summed E-state index contributed by atoms with van der Waals surface area (Å²) in [4.78, 5) is 32.5. The quantitative estimate of drug-likeness (QED) is 0.341. The average molecular weight is 372 g/mol. The van der Waals surface area contributed by atoms with Crippen LogP contribution < -0.4 is 5.32 Å². The Hall–Kier alpha value is -2.41. The average Bonchev–Trinajstić information content (AvgIpc) is 3.27. The molecule has 2 heterocycles. The zero-order valence-corrected chi connectivity index (χ0v) is 16.1. The summed E-state index contributed by atoms with van der Waals surface area (Å²) >= 11 is 0. The Kier molecular flexibility index (Phi) is 6.45. The topological polar surface area (TPSA) is 74.2 Å². The molecule has 146 valence electrons. The summed E-state index contributed by atoms with van der Waals surface area (Å²) < 4.78 is 5.43. The molecule has 3 rings (SSSR count). The molecule has 1 N–H and O–H groups in total. The van der Waals surface area contributed by atoms with Crippen molar-refractivity contribution in [2.75, 3.05) is 46.9 Å². The van der Waals surface area contributed by atoms with Gasteiger partial charge in [-0.2, -0.15) is 0 Å². The van der Waals surface area contributed by atoms with E-state index in [-0.39, 0.29) is 11.8 Å². The molecule has 7 heteroatoms. The lowest BCUT2D eigenvalue weighted by Crippen LogP contribution is -2.42. The predicted molar refractivity (Wildman–Crippen MR) is 104 cm³/mol. The number of ether oxygens (including phenoxy) is 1. The number of aliphatic imine (C=N–C) groups is 1. The van der Waals surface area contributed by atoms with Crippen LogP contribution in [-0.4, -0.2) is 74.5 Å². The van der Waals surface area contributed by atoms with E-state index in [4.69, 9.17) is 4.74 Å². The normalized spacial score (nSPS) is 19.6. The molecular formula is C20H28N4O3. The van der Waals surface area contributed by atoms with E-state index in [1.54, 1.807) is 31.3 Å². The summed E-state index contributed by atoms with van der Waals surface area (Å²) in [6, 6.07) is 7.01. The second-order valence-electron chi connectivity index (χ2n) is 7.10. The van der Waals surface area contributed by atoms with Crippen LogP contribution in [0.25, 0.3) is 0 Å². The van der Waals surface area contributed by atoms with Gasteiger partial charge in [0.05, 0.1) is 17.7 Å². The highest BCUT2D eigenvalue weighted by atomic mass is 16.5. The Morgan fingerprint density at radius 1 is 1.26 bits per heavy atom. The van der Waals surface area contributed by atoms with Crippen LogP contribution in [-0.2, 0) is 4.74 Å². The number of hydrogen-bond donors (Lipinski definition) is 1. The van der Waals surface area contributed by atoms with Gasteiger partial charge in [-0.05, 0) is 31.4 Å². The van der Waals surface area contributed by atoms with Crippen LogP contribution in [0.15, 0.2) is 29.3 Å². The zero-order chi connectivity index (χ0) is 19.2. The van der Waals surface area contributed by atoms with Crippen LogP contribution in [0.1, 0.15) is 40.0 Å². The predicted octanol–water partition coefficient (Wildman–Crippen LogP) is 1.61. The maximum Gasteiger partial charge on any atom is 0.261 e. The van der Waals surface area contributed by atoms with E-state index in [1.807, 2.05) is 7.05 Å². The molecule has 0 bridgehead atoms. The summed E-state index contributed by atoms with van der Waals surface area (Å²) in [7, 11) is 3.81. The molecule has 7 nitrogen and oxygen atoms in total. The number of benzene rings is 1. The fraction of sp³-hybridized carbons (Fsp3) is 0.550. The first-order valence-electron chi connectivity index (χ1n) is 9.56. The number of amides is 2. The van der Waals surface area contributed by atoms with E-state index >= 15 is 0 Å². The van der Waals surface area contributed by atoms with Crippen LogP contribution >= 0.6 is 0 Å². The second-order valence-corrected chi connectivity index (χ2v) is 7.10. The highest BCUT2D eigenvalue weighted by Crippen LogP contribution is 2.22. The van der Waals surface area contributed by atoms with Crippen molar-refractivity contribution in [3.05, 3.63) is 35.4 Å². The molecule has 0 radical (unpaired) electrons. The first-order valence-corrected chi connectivity index (χ1v) is 9.56. The van der Waals surface area contributed by atoms with Crippen molar-refractivity contribution in [1.29, 1.82) is 0 Å². The van der Waals surface area contributed by atoms with Crippen molar-refractivity contribution < 1.29 is 14.3 Å². The highest BCUT2D eigenvalue weighted by molar-refractivity contribution is 6.21. The van der Waals surface area contributed by atoms with Gasteiger partial charge in [-0.15, -0.1) is 0 Å². The number of fused-ring (bicyclic) bond motifs is 1. The van der Waals surface area contributed by atoms with Gasteiger partial charge in [0.25, 0.3) is 11.8 Å². The fourth-order valence-electron chi connectivity index (χ4n) is 3.62. The van der Waals surface area contributed by atoms with E-state index in [0.29, 0.717) is 23.6 Å². The number of unbranched alkanes of at least 4 members (excludes halogenated alkanes) is 1. The van der Waals surface area contributed by atoms with Crippen molar-refractivity contribution in [3.63, 3.8) is 0 Å². The molecule has 1 fully saturated rings. The van der Waals surface area contributed by atoms with E-state index < -0.39 is 0 Å². The largest absolute Gasteiger partial charge is 0.381 e. The lowest BCUT2D eigenvalue weighted by atomic mass is 10.1. The van der Waals surface area contributed by atoms with Gasteiger partial charge >= 0.3 is 0 Å². The monoisotopic (exact) mass is 372 g/mol. The Bertz CT molecular complexity index is 678. The second kappa shape index (κ2) is 8.99. The summed E-state index contributed by atoms with van der Waals surface area (Å²) in [5.74, 6) is 1.06. The van der Waals surface area contributed by atoms with Crippen molar-refractivity contribution in [2.24, 2.45) is 10.9 Å². The van der Waals surface area contributed by atoms with Crippen LogP contribution in [0.3, 0.4) is 0 Å². The summed E-state index contributed by atoms with van der Waals surface area (Å²) in [5.41, 5.74) is 1.03. The van der Waals surface area contributed by atoms with E-state index in [1.165, 1.54) is 4.90 Å². The van der Waals surface area contributed by atoms with E-state index in [0.717, 1.165) is 51.5 Å². The molecule has 1 atom stereocenters. The number of carbonyl (C=O) groups is 2. The molecule has 27 heavy (non-hydrogen) atoms. The molecule has 0 aliphatic carbocycles. The maximum absolute atomic E-state index is 12.3. The van der Waals surface area contributed by atoms with Gasteiger partial charge in [-0.25, -0.2) is 0 Å². The molecule has 1 aromatic carbocycles. The molecule has 2 aliphatic rings. The Morgan fingerprint density at radius 2 is 1.96 bits per heavy atom. The van der Waals surface area contributed by atoms with Gasteiger partial charge in [-0.1, -0.05) is 12.1 Å². The lowest BCUT2D eigenvalue weighted by Gasteiger charge is -2.24. The van der Waals surface area contributed by atoms with E-state index in [9.17, 15) is 9.59 Å². The first kappa shape index (κ1) is 19.4. The van der Waals surface area contributed by atoms with Gasteiger partial charge < -0.3 is 15.0 Å². The molecule has 1 aromatic rings. The van der Waals surface area contributed by atoms with Crippen molar-refractivity contribution in [1.82, 2.24) is 15.1 Å². The van der Waals surface area contributed by atoms with Crippen LogP contribution in [0, 0.1) is 5.92 Å². The van der Waals surface area contributed by atoms with Crippen molar-refractivity contribution in [3.8, 4) is 0 Å². The first-order chi connectivity index (χ1) is 13.1. The number of rotatable bonds is 7. The molecule has 0 saturated carbocycles. The Labute approximate surface area is 160 Å². The van der Waals surface area contributed by atoms with Crippen LogP contribution in [0.5, 0.6) is 0 Å². The van der Waals surface area contributed by atoms with Crippen molar-refractivity contribution in [2.45, 2.75) is 19.3 Å². The third kappa shape index (κ3) is 4.47. The molecular weight excluding hydrogens is 344 g/mol. The SMILES string of the molecule is CN=C(NCCCCN1C(=O)c2ccccc2C1=O)N(C)CC1CCOC1. The molecule has 2 aliphatic heterocycles. The van der Waals surface area contributed by atoms with Gasteiger partial charge in [0.2, 0.25) is 0 Å². The minimum Gasteiger partial charge on any atom is -0.381 e.